The maximum Gasteiger partial charge on any atom is -0.172 e. The van der Waals surface area contributed by atoms with Crippen LogP contribution in [0.1, 0.15) is 74.9 Å². The van der Waals surface area contributed by atoms with Gasteiger partial charge in [-0.2, -0.15) is 18.2 Å². The van der Waals surface area contributed by atoms with E-state index in [1.807, 2.05) is 30.3 Å². The van der Waals surface area contributed by atoms with Gasteiger partial charge in [-0.25, -0.2) is 12.1 Å². The second-order valence-corrected chi connectivity index (χ2v) is 16.8. The summed E-state index contributed by atoms with van der Waals surface area (Å²) < 4.78 is 1.42. The third-order valence-electron chi connectivity index (χ3n) is 9.68. The van der Waals surface area contributed by atoms with E-state index in [1.165, 1.54) is 104 Å². The molecule has 248 valence electrons. The summed E-state index contributed by atoms with van der Waals surface area (Å²) in [6, 6.07) is 52.4. The molecule has 0 aliphatic heterocycles. The van der Waals surface area contributed by atoms with Crippen LogP contribution in [0, 0.1) is 13.8 Å². The molecule has 1 heteroatoms. The summed E-state index contributed by atoms with van der Waals surface area (Å²) in [5, 5.41) is 10.8. The average molecular weight is 728 g/mol. The van der Waals surface area contributed by atoms with Gasteiger partial charge in [0, 0.05) is 0 Å². The van der Waals surface area contributed by atoms with Crippen molar-refractivity contribution in [1.29, 1.82) is 0 Å². The van der Waals surface area contributed by atoms with Crippen molar-refractivity contribution in [2.45, 2.75) is 66.2 Å². The largest absolute Gasteiger partial charge is 0.214 e. The van der Waals surface area contributed by atoms with E-state index >= 15 is 0 Å². The summed E-state index contributed by atoms with van der Waals surface area (Å²) in [5.41, 5.74) is 8.77. The van der Waals surface area contributed by atoms with Crippen molar-refractivity contribution >= 4 is 46.3 Å². The molecular weight excluding hydrogens is 680 g/mol. The van der Waals surface area contributed by atoms with Crippen LogP contribution in [0.15, 0.2) is 146 Å². The monoisotopic (exact) mass is 726 g/mol. The number of fused-ring (bicyclic) bond motifs is 5. The first-order valence-corrected chi connectivity index (χ1v) is 18.9. The van der Waals surface area contributed by atoms with Gasteiger partial charge in [0.15, 0.2) is 0 Å². The number of aryl methyl sites for hydroxylation is 2. The van der Waals surface area contributed by atoms with Crippen LogP contribution >= 0.6 is 0 Å². The van der Waals surface area contributed by atoms with E-state index in [-0.39, 0.29) is 10.8 Å². The molecular formula is C49H48Zr. The van der Waals surface area contributed by atoms with Crippen LogP contribution in [0.4, 0.5) is 0 Å². The zero-order valence-corrected chi connectivity index (χ0v) is 33.3. The Hall–Kier alpha value is -4.19. The van der Waals surface area contributed by atoms with Crippen molar-refractivity contribution in [2.24, 2.45) is 0 Å². The van der Waals surface area contributed by atoms with E-state index in [1.54, 1.807) is 0 Å². The standard InChI is InChI=1S/C23H29.C21H14.C5H5.Zr/c1-14-9-16-11-17-10-15(2)21(23(6,7)8)13-19(17)18(16)12-20(14)22(3,4)5;1-3-13-20-16(7-1)9-5-11-18(20)15-19-12-6-10-17-8-2-4-14-21(17)19;1-2-4-5-3-1;/h9-13H,1-8H3;1-14H;1-5H;/q-1;;-1;+2. The molecule has 0 unspecified atom stereocenters. The topological polar surface area (TPSA) is 0 Å². The van der Waals surface area contributed by atoms with Crippen molar-refractivity contribution in [1.82, 2.24) is 0 Å². The zero-order valence-electron chi connectivity index (χ0n) is 30.9. The summed E-state index contributed by atoms with van der Waals surface area (Å²) in [6.45, 7) is 18.3. The molecule has 0 heterocycles. The van der Waals surface area contributed by atoms with Crippen molar-refractivity contribution < 1.29 is 24.2 Å². The van der Waals surface area contributed by atoms with Gasteiger partial charge in [0.05, 0.1) is 0 Å². The molecule has 8 aromatic rings. The number of benzene rings is 6. The van der Waals surface area contributed by atoms with Crippen LogP contribution in [0.5, 0.6) is 0 Å². The molecule has 0 radical (unpaired) electrons. The third-order valence-corrected chi connectivity index (χ3v) is 11.0. The average Bonchev–Trinajstić information content (AvgIpc) is 3.78. The molecule has 8 aromatic carbocycles. The van der Waals surface area contributed by atoms with E-state index in [0.717, 1.165) is 0 Å². The molecule has 8 rings (SSSR count). The molecule has 0 spiro atoms. The van der Waals surface area contributed by atoms with E-state index in [0.29, 0.717) is 0 Å². The second kappa shape index (κ2) is 14.6. The van der Waals surface area contributed by atoms with Crippen molar-refractivity contribution in [3.63, 3.8) is 0 Å². The molecule has 0 nitrogen and oxygen atoms in total. The quantitative estimate of drug-likeness (QED) is 0.156. The van der Waals surface area contributed by atoms with Crippen molar-refractivity contribution in [3.05, 3.63) is 179 Å². The van der Waals surface area contributed by atoms with Gasteiger partial charge in [-0.3, -0.25) is 0 Å². The Balaban J connectivity index is 0.000000152. The molecule has 0 saturated carbocycles. The molecule has 0 atom stereocenters. The van der Waals surface area contributed by atoms with E-state index in [9.17, 15) is 0 Å². The maximum absolute atomic E-state index is 2.43. The molecule has 0 amide bonds. The molecule has 0 aliphatic carbocycles. The Morgan fingerprint density at radius 2 is 0.880 bits per heavy atom. The predicted octanol–water partition coefficient (Wildman–Crippen LogP) is 13.4. The van der Waals surface area contributed by atoms with Crippen molar-refractivity contribution in [2.75, 3.05) is 0 Å². The smallest absolute Gasteiger partial charge is 0.172 e. The SMILES string of the molecule is Cc1cc2[cH-]c3cc(C)c(C(C)(C)C)cc3c2cc1C(C)(C)C.[Zr+2]=[C](c1cccc2ccccc12)c1cccc2ccccc12.c1cc[cH-]c1. The fourth-order valence-electron chi connectivity index (χ4n) is 7.30. The van der Waals surface area contributed by atoms with Crippen LogP contribution in [0.3, 0.4) is 0 Å². The molecule has 0 N–H and O–H groups in total. The van der Waals surface area contributed by atoms with Crippen LogP contribution in [-0.4, -0.2) is 3.21 Å². The van der Waals surface area contributed by atoms with Gasteiger partial charge >= 0.3 is 145 Å². The van der Waals surface area contributed by atoms with Crippen LogP contribution in [0.2, 0.25) is 0 Å². The normalized spacial score (nSPS) is 11.7. The first kappa shape index (κ1) is 35.6. The Labute approximate surface area is 313 Å². The van der Waals surface area contributed by atoms with Gasteiger partial charge in [0.2, 0.25) is 0 Å². The van der Waals surface area contributed by atoms with Crippen LogP contribution in [0.25, 0.3) is 43.1 Å². The summed E-state index contributed by atoms with van der Waals surface area (Å²) in [7, 11) is 0. The molecule has 0 bridgehead atoms. The summed E-state index contributed by atoms with van der Waals surface area (Å²) in [6.07, 6.45) is 0. The molecule has 0 fully saturated rings. The minimum atomic E-state index is 0.180. The maximum atomic E-state index is 2.43. The fraction of sp³-hybridized carbons (Fsp3) is 0.204. The summed E-state index contributed by atoms with van der Waals surface area (Å²) >= 11 is 1.44. The number of rotatable bonds is 2. The van der Waals surface area contributed by atoms with E-state index in [2.05, 4.69) is 171 Å². The minimum Gasteiger partial charge on any atom is -0.214 e. The van der Waals surface area contributed by atoms with E-state index in [4.69, 9.17) is 0 Å². The Morgan fingerprint density at radius 3 is 1.26 bits per heavy atom. The minimum absolute atomic E-state index is 0.180. The second-order valence-electron chi connectivity index (χ2n) is 15.5. The Morgan fingerprint density at radius 1 is 0.480 bits per heavy atom. The molecule has 0 saturated heterocycles. The summed E-state index contributed by atoms with van der Waals surface area (Å²) in [5.74, 6) is 0. The molecule has 0 aromatic heterocycles. The molecule has 0 aliphatic rings. The Bertz CT molecular complexity index is 2230. The number of hydrogen-bond donors (Lipinski definition) is 0. The van der Waals surface area contributed by atoms with Gasteiger partial charge in [-0.1, -0.05) is 75.9 Å². The zero-order chi connectivity index (χ0) is 35.6. The van der Waals surface area contributed by atoms with Gasteiger partial charge in [-0.05, 0) is 24.7 Å². The van der Waals surface area contributed by atoms with Crippen molar-refractivity contribution in [3.8, 4) is 0 Å². The van der Waals surface area contributed by atoms with Crippen LogP contribution in [-0.2, 0) is 35.1 Å². The van der Waals surface area contributed by atoms with Gasteiger partial charge in [-0.15, -0.1) is 39.7 Å². The van der Waals surface area contributed by atoms with Gasteiger partial charge in [0.25, 0.3) is 0 Å². The first-order chi connectivity index (χ1) is 23.8. The predicted molar refractivity (Wildman–Crippen MR) is 217 cm³/mol. The first-order valence-electron chi connectivity index (χ1n) is 17.7. The Kier molecular flexibility index (Phi) is 10.4. The number of hydrogen-bond acceptors (Lipinski definition) is 0. The van der Waals surface area contributed by atoms with Gasteiger partial charge < -0.3 is 0 Å². The fourth-order valence-corrected chi connectivity index (χ4v) is 8.37. The van der Waals surface area contributed by atoms with E-state index < -0.39 is 0 Å². The van der Waals surface area contributed by atoms with Gasteiger partial charge in [0.1, 0.15) is 0 Å². The molecule has 50 heavy (non-hydrogen) atoms. The third kappa shape index (κ3) is 7.60. The van der Waals surface area contributed by atoms with Crippen LogP contribution < -0.4 is 0 Å². The summed E-state index contributed by atoms with van der Waals surface area (Å²) in [4.78, 5) is 0.